The van der Waals surface area contributed by atoms with Gasteiger partial charge in [0.2, 0.25) is 5.95 Å². The largest absolute Gasteiger partial charge is 0.385 e. The van der Waals surface area contributed by atoms with Crippen LogP contribution in [-0.4, -0.2) is 47.0 Å². The van der Waals surface area contributed by atoms with Crippen LogP contribution in [0.4, 0.5) is 11.8 Å². The summed E-state index contributed by atoms with van der Waals surface area (Å²) in [6.07, 6.45) is 3.69. The van der Waals surface area contributed by atoms with E-state index in [1.165, 1.54) is 0 Å². The minimum absolute atomic E-state index is 0.618. The summed E-state index contributed by atoms with van der Waals surface area (Å²) in [5.74, 6) is 1.42. The maximum absolute atomic E-state index is 5.03. The van der Waals surface area contributed by atoms with Crippen molar-refractivity contribution in [3.05, 3.63) is 6.20 Å². The molecular formula is C12H20N6O. The summed E-state index contributed by atoms with van der Waals surface area (Å²) in [6, 6.07) is 0. The third kappa shape index (κ3) is 3.54. The van der Waals surface area contributed by atoms with Crippen LogP contribution in [0.25, 0.3) is 11.0 Å². The summed E-state index contributed by atoms with van der Waals surface area (Å²) >= 11 is 0. The first-order chi connectivity index (χ1) is 9.35. The van der Waals surface area contributed by atoms with Gasteiger partial charge in [-0.2, -0.15) is 15.1 Å². The number of anilines is 2. The van der Waals surface area contributed by atoms with Gasteiger partial charge in [0.1, 0.15) is 5.82 Å². The number of hydrogen-bond donors (Lipinski definition) is 3. The van der Waals surface area contributed by atoms with Gasteiger partial charge in [0.25, 0.3) is 0 Å². The molecule has 0 bridgehead atoms. The average molecular weight is 264 g/mol. The second-order valence-corrected chi connectivity index (χ2v) is 4.23. The van der Waals surface area contributed by atoms with Crippen molar-refractivity contribution in [1.29, 1.82) is 0 Å². The van der Waals surface area contributed by atoms with Crippen molar-refractivity contribution in [3.8, 4) is 0 Å². The number of methoxy groups -OCH3 is 1. The van der Waals surface area contributed by atoms with Crippen molar-refractivity contribution in [1.82, 2.24) is 20.2 Å². The number of rotatable bonds is 8. The highest BCUT2D eigenvalue weighted by Crippen LogP contribution is 2.19. The molecule has 0 amide bonds. The van der Waals surface area contributed by atoms with Gasteiger partial charge in [-0.05, 0) is 12.8 Å². The van der Waals surface area contributed by atoms with Crippen molar-refractivity contribution in [2.45, 2.75) is 19.8 Å². The van der Waals surface area contributed by atoms with Crippen molar-refractivity contribution in [3.63, 3.8) is 0 Å². The zero-order valence-corrected chi connectivity index (χ0v) is 11.4. The zero-order chi connectivity index (χ0) is 13.5. The first kappa shape index (κ1) is 13.5. The van der Waals surface area contributed by atoms with Crippen LogP contribution >= 0.6 is 0 Å². The van der Waals surface area contributed by atoms with Crippen molar-refractivity contribution in [2.24, 2.45) is 0 Å². The van der Waals surface area contributed by atoms with E-state index in [2.05, 4.69) is 37.7 Å². The molecule has 0 saturated heterocycles. The van der Waals surface area contributed by atoms with Gasteiger partial charge in [0.15, 0.2) is 5.65 Å². The Morgan fingerprint density at radius 2 is 2.16 bits per heavy atom. The average Bonchev–Trinajstić information content (AvgIpc) is 2.89. The van der Waals surface area contributed by atoms with Crippen LogP contribution in [0.1, 0.15) is 19.8 Å². The van der Waals surface area contributed by atoms with E-state index in [0.29, 0.717) is 5.95 Å². The predicted octanol–water partition coefficient (Wildman–Crippen LogP) is 1.62. The molecule has 0 aliphatic heterocycles. The minimum atomic E-state index is 0.618. The van der Waals surface area contributed by atoms with E-state index < -0.39 is 0 Å². The molecule has 0 aliphatic carbocycles. The molecule has 7 heteroatoms. The number of H-pyrrole nitrogens is 1. The van der Waals surface area contributed by atoms with Crippen LogP contribution in [0, 0.1) is 0 Å². The van der Waals surface area contributed by atoms with Gasteiger partial charge in [0, 0.05) is 26.8 Å². The lowest BCUT2D eigenvalue weighted by atomic mass is 10.3. The maximum Gasteiger partial charge on any atom is 0.226 e. The topological polar surface area (TPSA) is 87.8 Å². The Morgan fingerprint density at radius 1 is 1.26 bits per heavy atom. The van der Waals surface area contributed by atoms with Gasteiger partial charge in [-0.3, -0.25) is 5.10 Å². The highest BCUT2D eigenvalue weighted by atomic mass is 16.5. The highest BCUT2D eigenvalue weighted by Gasteiger charge is 2.08. The SMILES string of the molecule is CCCNc1nc(NCCCOC)c2cn[nH]c2n1. The molecule has 2 aromatic heterocycles. The number of ether oxygens (including phenoxy) is 1. The van der Waals surface area contributed by atoms with Gasteiger partial charge in [-0.15, -0.1) is 0 Å². The fourth-order valence-electron chi connectivity index (χ4n) is 1.71. The standard InChI is InChI=1S/C12H20N6O/c1-3-5-14-12-16-10(13-6-4-7-19-2)9-8-15-18-11(9)17-12/h8H,3-7H2,1-2H3,(H3,13,14,15,16,17,18). The smallest absolute Gasteiger partial charge is 0.226 e. The number of aromatic amines is 1. The van der Waals surface area contributed by atoms with E-state index in [0.717, 1.165) is 49.4 Å². The number of fused-ring (bicyclic) bond motifs is 1. The summed E-state index contributed by atoms with van der Waals surface area (Å²) in [6.45, 7) is 4.49. The van der Waals surface area contributed by atoms with Gasteiger partial charge in [0.05, 0.1) is 11.6 Å². The van der Waals surface area contributed by atoms with Crippen molar-refractivity contribution >= 4 is 22.8 Å². The fraction of sp³-hybridized carbons (Fsp3) is 0.583. The molecule has 2 aromatic rings. The number of nitrogens with one attached hydrogen (secondary N) is 3. The lowest BCUT2D eigenvalue weighted by Crippen LogP contribution is -2.10. The van der Waals surface area contributed by atoms with Crippen molar-refractivity contribution in [2.75, 3.05) is 37.4 Å². The van der Waals surface area contributed by atoms with Gasteiger partial charge < -0.3 is 15.4 Å². The molecule has 3 N–H and O–H groups in total. The third-order valence-corrected chi connectivity index (χ3v) is 2.66. The van der Waals surface area contributed by atoms with Crippen LogP contribution in [0.3, 0.4) is 0 Å². The normalized spacial score (nSPS) is 10.8. The number of hydrogen-bond acceptors (Lipinski definition) is 6. The molecule has 0 atom stereocenters. The van der Waals surface area contributed by atoms with Gasteiger partial charge in [-0.1, -0.05) is 6.92 Å². The van der Waals surface area contributed by atoms with Crippen LogP contribution in [0.15, 0.2) is 6.20 Å². The number of nitrogens with zero attached hydrogens (tertiary/aromatic N) is 3. The lowest BCUT2D eigenvalue weighted by Gasteiger charge is -2.09. The monoisotopic (exact) mass is 264 g/mol. The molecule has 0 unspecified atom stereocenters. The first-order valence-electron chi connectivity index (χ1n) is 6.53. The molecule has 0 aromatic carbocycles. The molecule has 0 radical (unpaired) electrons. The second-order valence-electron chi connectivity index (χ2n) is 4.23. The Bertz CT molecular complexity index is 512. The Balaban J connectivity index is 2.12. The summed E-state index contributed by atoms with van der Waals surface area (Å²) in [5.41, 5.74) is 0.739. The van der Waals surface area contributed by atoms with E-state index in [4.69, 9.17) is 4.74 Å². The second kappa shape index (κ2) is 6.89. The number of aromatic nitrogens is 4. The molecular weight excluding hydrogens is 244 g/mol. The Labute approximate surface area is 112 Å². The van der Waals surface area contributed by atoms with Gasteiger partial charge >= 0.3 is 0 Å². The van der Waals surface area contributed by atoms with Crippen LogP contribution in [-0.2, 0) is 4.74 Å². The summed E-state index contributed by atoms with van der Waals surface area (Å²) in [4.78, 5) is 8.85. The van der Waals surface area contributed by atoms with Crippen LogP contribution in [0.5, 0.6) is 0 Å². The Hall–Kier alpha value is -1.89. The van der Waals surface area contributed by atoms with E-state index in [9.17, 15) is 0 Å². The van der Waals surface area contributed by atoms with E-state index >= 15 is 0 Å². The Kier molecular flexibility index (Phi) is 4.91. The van der Waals surface area contributed by atoms with E-state index in [1.807, 2.05) is 0 Å². The zero-order valence-electron chi connectivity index (χ0n) is 11.4. The molecule has 0 aliphatic rings. The summed E-state index contributed by atoms with van der Waals surface area (Å²) in [5, 5.41) is 14.3. The molecule has 19 heavy (non-hydrogen) atoms. The van der Waals surface area contributed by atoms with E-state index in [-0.39, 0.29) is 0 Å². The van der Waals surface area contributed by atoms with E-state index in [1.54, 1.807) is 13.3 Å². The molecule has 2 heterocycles. The minimum Gasteiger partial charge on any atom is -0.385 e. The lowest BCUT2D eigenvalue weighted by molar-refractivity contribution is 0.198. The first-order valence-corrected chi connectivity index (χ1v) is 6.53. The molecule has 0 fully saturated rings. The van der Waals surface area contributed by atoms with Crippen molar-refractivity contribution < 1.29 is 4.74 Å². The predicted molar refractivity (Wildman–Crippen MR) is 75.4 cm³/mol. The van der Waals surface area contributed by atoms with Crippen LogP contribution in [0.2, 0.25) is 0 Å². The van der Waals surface area contributed by atoms with Crippen LogP contribution < -0.4 is 10.6 Å². The Morgan fingerprint density at radius 3 is 2.95 bits per heavy atom. The molecule has 2 rings (SSSR count). The summed E-state index contributed by atoms with van der Waals surface area (Å²) in [7, 11) is 1.70. The molecule has 104 valence electrons. The molecule has 0 spiro atoms. The summed E-state index contributed by atoms with van der Waals surface area (Å²) < 4.78 is 5.03. The maximum atomic E-state index is 5.03. The quantitative estimate of drug-likeness (QED) is 0.628. The molecule has 7 nitrogen and oxygen atoms in total. The fourth-order valence-corrected chi connectivity index (χ4v) is 1.71. The highest BCUT2D eigenvalue weighted by molar-refractivity contribution is 5.86. The third-order valence-electron chi connectivity index (χ3n) is 2.66. The van der Waals surface area contributed by atoms with Gasteiger partial charge in [-0.25, -0.2) is 0 Å². The molecule has 0 saturated carbocycles.